The lowest BCUT2D eigenvalue weighted by atomic mass is 9.86. The molecular weight excluding hydrogens is 241 g/mol. The second-order valence-corrected chi connectivity index (χ2v) is 5.17. The van der Waals surface area contributed by atoms with Crippen LogP contribution in [0.15, 0.2) is 12.1 Å². The molecule has 1 fully saturated rings. The lowest BCUT2D eigenvalue weighted by Crippen LogP contribution is -2.36. The fourth-order valence-corrected chi connectivity index (χ4v) is 2.60. The lowest BCUT2D eigenvalue weighted by molar-refractivity contribution is -0.182. The maximum absolute atomic E-state index is 12.5. The third-order valence-electron chi connectivity index (χ3n) is 3.77. The number of aryl methyl sites for hydroxylation is 2. The Hall–Kier alpha value is -1.13. The van der Waals surface area contributed by atoms with Gasteiger partial charge in [0.05, 0.1) is 5.92 Å². The van der Waals surface area contributed by atoms with Crippen molar-refractivity contribution in [1.82, 2.24) is 4.68 Å². The van der Waals surface area contributed by atoms with Crippen molar-refractivity contribution in [3.63, 3.8) is 0 Å². The van der Waals surface area contributed by atoms with Gasteiger partial charge >= 0.3 is 6.18 Å². The van der Waals surface area contributed by atoms with Gasteiger partial charge in [-0.1, -0.05) is 0 Å². The highest BCUT2D eigenvalue weighted by atomic mass is 19.4. The van der Waals surface area contributed by atoms with Crippen LogP contribution in [0.4, 0.5) is 13.2 Å². The van der Waals surface area contributed by atoms with Crippen molar-refractivity contribution >= 4 is 0 Å². The Morgan fingerprint density at radius 1 is 1.06 bits per heavy atom. The quantitative estimate of drug-likeness (QED) is 0.856. The van der Waals surface area contributed by atoms with Crippen LogP contribution in [-0.2, 0) is 0 Å². The molecule has 0 amide bonds. The molecule has 0 saturated heterocycles. The minimum absolute atomic E-state index is 0.147. The minimum Gasteiger partial charge on any atom is -0.323 e. The molecular formula is C13H19F3N2. The van der Waals surface area contributed by atoms with E-state index in [-0.39, 0.29) is 18.9 Å². The zero-order valence-electron chi connectivity index (χ0n) is 10.7. The van der Waals surface area contributed by atoms with Crippen LogP contribution >= 0.6 is 0 Å². The van der Waals surface area contributed by atoms with Gasteiger partial charge < -0.3 is 5.43 Å². The van der Waals surface area contributed by atoms with Crippen molar-refractivity contribution in [2.45, 2.75) is 51.7 Å². The molecule has 1 aromatic heterocycles. The molecule has 2 rings (SSSR count). The summed E-state index contributed by atoms with van der Waals surface area (Å²) in [6.45, 7) is 3.97. The second kappa shape index (κ2) is 4.86. The summed E-state index contributed by atoms with van der Waals surface area (Å²) in [5, 5.41) is 0. The monoisotopic (exact) mass is 260 g/mol. The molecule has 1 aliphatic carbocycles. The van der Waals surface area contributed by atoms with E-state index in [1.54, 1.807) is 0 Å². The third-order valence-corrected chi connectivity index (χ3v) is 3.77. The fraction of sp³-hybridized carbons (Fsp3) is 0.692. The van der Waals surface area contributed by atoms with E-state index in [4.69, 9.17) is 0 Å². The van der Waals surface area contributed by atoms with Gasteiger partial charge in [0.1, 0.15) is 0 Å². The molecule has 0 aromatic carbocycles. The Bertz CT molecular complexity index is 381. The van der Waals surface area contributed by atoms with E-state index in [0.717, 1.165) is 11.4 Å². The Balaban J connectivity index is 1.91. The van der Waals surface area contributed by atoms with E-state index < -0.39 is 12.1 Å². The topological polar surface area (TPSA) is 17.0 Å². The maximum atomic E-state index is 12.5. The van der Waals surface area contributed by atoms with Gasteiger partial charge in [-0.25, -0.2) is 0 Å². The molecule has 1 aliphatic rings. The summed E-state index contributed by atoms with van der Waals surface area (Å²) < 4.78 is 39.6. The highest BCUT2D eigenvalue weighted by Crippen LogP contribution is 2.37. The van der Waals surface area contributed by atoms with Gasteiger partial charge in [0.25, 0.3) is 0 Å². The molecule has 0 radical (unpaired) electrons. The number of rotatable bonds is 2. The third kappa shape index (κ3) is 2.82. The van der Waals surface area contributed by atoms with Crippen LogP contribution in [0.25, 0.3) is 0 Å². The normalized spacial score (nSPS) is 25.2. The van der Waals surface area contributed by atoms with Crippen molar-refractivity contribution in [2.24, 2.45) is 5.92 Å². The van der Waals surface area contributed by atoms with Crippen LogP contribution < -0.4 is 5.43 Å². The van der Waals surface area contributed by atoms with Crippen molar-refractivity contribution in [2.75, 3.05) is 5.43 Å². The Morgan fingerprint density at radius 3 is 2.00 bits per heavy atom. The van der Waals surface area contributed by atoms with Crippen LogP contribution in [0.2, 0.25) is 0 Å². The van der Waals surface area contributed by atoms with Crippen molar-refractivity contribution in [3.8, 4) is 0 Å². The number of halogens is 3. The van der Waals surface area contributed by atoms with E-state index >= 15 is 0 Å². The van der Waals surface area contributed by atoms with Gasteiger partial charge in [-0.15, -0.1) is 0 Å². The van der Waals surface area contributed by atoms with E-state index in [0.29, 0.717) is 12.8 Å². The first-order chi connectivity index (χ1) is 8.38. The Labute approximate surface area is 105 Å². The van der Waals surface area contributed by atoms with Gasteiger partial charge in [0.2, 0.25) is 0 Å². The average molecular weight is 260 g/mol. The maximum Gasteiger partial charge on any atom is 0.391 e. The van der Waals surface area contributed by atoms with Crippen LogP contribution in [0.1, 0.15) is 37.1 Å². The number of aromatic nitrogens is 1. The Kier molecular flexibility index (Phi) is 3.59. The molecule has 18 heavy (non-hydrogen) atoms. The zero-order valence-corrected chi connectivity index (χ0v) is 10.7. The summed E-state index contributed by atoms with van der Waals surface area (Å²) in [7, 11) is 0. The number of hydrogen-bond donors (Lipinski definition) is 1. The van der Waals surface area contributed by atoms with Crippen molar-refractivity contribution in [1.29, 1.82) is 0 Å². The highest BCUT2D eigenvalue weighted by molar-refractivity contribution is 5.16. The van der Waals surface area contributed by atoms with Gasteiger partial charge in [-0.05, 0) is 51.7 Å². The second-order valence-electron chi connectivity index (χ2n) is 5.17. The van der Waals surface area contributed by atoms with E-state index in [2.05, 4.69) is 5.43 Å². The van der Waals surface area contributed by atoms with Crippen molar-refractivity contribution in [3.05, 3.63) is 23.5 Å². The SMILES string of the molecule is Cc1ccc(C)n1NC1CCC(C(F)(F)F)CC1. The number of hydrogen-bond acceptors (Lipinski definition) is 1. The summed E-state index contributed by atoms with van der Waals surface area (Å²) in [6, 6.07) is 4.15. The molecule has 0 atom stereocenters. The number of alkyl halides is 3. The van der Waals surface area contributed by atoms with Crippen LogP contribution in [-0.4, -0.2) is 16.9 Å². The van der Waals surface area contributed by atoms with E-state index in [1.807, 2.05) is 30.7 Å². The molecule has 1 heterocycles. The molecule has 0 spiro atoms. The molecule has 0 aliphatic heterocycles. The predicted molar refractivity (Wildman–Crippen MR) is 65.1 cm³/mol. The summed E-state index contributed by atoms with van der Waals surface area (Å²) in [6.07, 6.45) is -2.38. The molecule has 5 heteroatoms. The largest absolute Gasteiger partial charge is 0.391 e. The summed E-state index contributed by atoms with van der Waals surface area (Å²) >= 11 is 0. The van der Waals surface area contributed by atoms with Crippen LogP contribution in [0, 0.1) is 19.8 Å². The first-order valence-electron chi connectivity index (χ1n) is 6.36. The first kappa shape index (κ1) is 13.3. The molecule has 102 valence electrons. The summed E-state index contributed by atoms with van der Waals surface area (Å²) in [4.78, 5) is 0. The van der Waals surface area contributed by atoms with Gasteiger partial charge in [0.15, 0.2) is 0 Å². The molecule has 1 N–H and O–H groups in total. The highest BCUT2D eigenvalue weighted by Gasteiger charge is 2.41. The summed E-state index contributed by atoms with van der Waals surface area (Å²) in [5.74, 6) is -1.11. The van der Waals surface area contributed by atoms with E-state index in [1.165, 1.54) is 0 Å². The molecule has 0 bridgehead atoms. The van der Waals surface area contributed by atoms with Crippen LogP contribution in [0.5, 0.6) is 0 Å². The summed E-state index contributed by atoms with van der Waals surface area (Å²) in [5.41, 5.74) is 5.50. The van der Waals surface area contributed by atoms with Gasteiger partial charge in [0, 0.05) is 17.4 Å². The van der Waals surface area contributed by atoms with E-state index in [9.17, 15) is 13.2 Å². The number of nitrogens with one attached hydrogen (secondary N) is 1. The fourth-order valence-electron chi connectivity index (χ4n) is 2.60. The Morgan fingerprint density at radius 2 is 1.56 bits per heavy atom. The molecule has 0 unspecified atom stereocenters. The average Bonchev–Trinajstić information content (AvgIpc) is 2.60. The van der Waals surface area contributed by atoms with Gasteiger partial charge in [-0.2, -0.15) is 13.2 Å². The standard InChI is InChI=1S/C13H19F3N2/c1-9-3-4-10(2)18(9)17-12-7-5-11(6-8-12)13(14,15)16/h3-4,11-12,17H,5-8H2,1-2H3. The minimum atomic E-state index is -4.02. The van der Waals surface area contributed by atoms with Crippen molar-refractivity contribution < 1.29 is 13.2 Å². The smallest absolute Gasteiger partial charge is 0.323 e. The lowest BCUT2D eigenvalue weighted by Gasteiger charge is -2.31. The zero-order chi connectivity index (χ0) is 13.3. The molecule has 1 saturated carbocycles. The van der Waals surface area contributed by atoms with Crippen LogP contribution in [0.3, 0.4) is 0 Å². The molecule has 1 aromatic rings. The first-order valence-corrected chi connectivity index (χ1v) is 6.36. The molecule has 2 nitrogen and oxygen atoms in total. The van der Waals surface area contributed by atoms with Gasteiger partial charge in [-0.3, -0.25) is 4.68 Å². The number of nitrogens with zero attached hydrogens (tertiary/aromatic N) is 1. The predicted octanol–water partition coefficient (Wildman–Crippen LogP) is 3.77.